The van der Waals surface area contributed by atoms with Gasteiger partial charge in [0.2, 0.25) is 0 Å². The van der Waals surface area contributed by atoms with Crippen molar-refractivity contribution in [2.75, 3.05) is 0 Å². The van der Waals surface area contributed by atoms with Gasteiger partial charge >= 0.3 is 6.09 Å². The van der Waals surface area contributed by atoms with Crippen LogP contribution < -0.4 is 11.5 Å². The van der Waals surface area contributed by atoms with Crippen molar-refractivity contribution in [3.63, 3.8) is 0 Å². The summed E-state index contributed by atoms with van der Waals surface area (Å²) >= 11 is 0. The molecule has 0 aromatic heterocycles. The Morgan fingerprint density at radius 3 is 2.33 bits per heavy atom. The first kappa shape index (κ1) is 12.3. The average molecular weight is 214 g/mol. The van der Waals surface area contributed by atoms with Gasteiger partial charge in [0.1, 0.15) is 5.60 Å². The topological polar surface area (TPSA) is 78.3 Å². The minimum absolute atomic E-state index is 0.183. The molecule has 15 heavy (non-hydrogen) atoms. The summed E-state index contributed by atoms with van der Waals surface area (Å²) in [7, 11) is 0. The van der Waals surface area contributed by atoms with Crippen LogP contribution in [-0.2, 0) is 4.74 Å². The molecule has 1 saturated carbocycles. The first-order valence-corrected chi connectivity index (χ1v) is 5.60. The third-order valence-corrected chi connectivity index (χ3v) is 3.00. The van der Waals surface area contributed by atoms with Crippen molar-refractivity contribution in [2.45, 2.75) is 63.5 Å². The van der Waals surface area contributed by atoms with Crippen molar-refractivity contribution in [2.24, 2.45) is 11.5 Å². The normalized spacial score (nSPS) is 21.0. The van der Waals surface area contributed by atoms with Gasteiger partial charge in [-0.05, 0) is 26.7 Å². The van der Waals surface area contributed by atoms with E-state index in [1.165, 1.54) is 19.3 Å². The highest BCUT2D eigenvalue weighted by atomic mass is 16.6. The highest BCUT2D eigenvalue weighted by molar-refractivity contribution is 5.65. The van der Waals surface area contributed by atoms with Gasteiger partial charge in [0.15, 0.2) is 0 Å². The van der Waals surface area contributed by atoms with Crippen LogP contribution >= 0.6 is 0 Å². The lowest BCUT2D eigenvalue weighted by Crippen LogP contribution is -2.48. The van der Waals surface area contributed by atoms with E-state index in [1.54, 1.807) is 0 Å². The van der Waals surface area contributed by atoms with Crippen LogP contribution in [0.3, 0.4) is 0 Å². The zero-order valence-corrected chi connectivity index (χ0v) is 9.71. The number of ether oxygens (including phenoxy) is 1. The van der Waals surface area contributed by atoms with E-state index in [0.717, 1.165) is 12.8 Å². The number of nitrogens with two attached hydrogens (primary N) is 2. The molecule has 0 saturated heterocycles. The average Bonchev–Trinajstić information content (AvgIpc) is 1.99. The third kappa shape index (κ3) is 4.08. The Morgan fingerprint density at radius 2 is 1.87 bits per heavy atom. The highest BCUT2D eigenvalue weighted by Gasteiger charge is 2.35. The van der Waals surface area contributed by atoms with Crippen molar-refractivity contribution in [1.29, 1.82) is 0 Å². The molecule has 0 aromatic carbocycles. The van der Waals surface area contributed by atoms with Crippen LogP contribution in [0.5, 0.6) is 0 Å². The second-order valence-corrected chi connectivity index (χ2v) is 5.28. The lowest BCUT2D eigenvalue weighted by Gasteiger charge is -2.39. The SMILES string of the molecule is CC(C)(CC1(N)CCCCC1)OC(N)=O. The monoisotopic (exact) mass is 214 g/mol. The van der Waals surface area contributed by atoms with Gasteiger partial charge in [-0.1, -0.05) is 19.3 Å². The van der Waals surface area contributed by atoms with E-state index in [0.29, 0.717) is 6.42 Å². The van der Waals surface area contributed by atoms with Crippen LogP contribution in [0.4, 0.5) is 4.79 Å². The van der Waals surface area contributed by atoms with Gasteiger partial charge in [-0.15, -0.1) is 0 Å². The molecule has 4 nitrogen and oxygen atoms in total. The number of primary amides is 1. The number of carbonyl (C=O) groups is 1. The summed E-state index contributed by atoms with van der Waals surface area (Å²) in [6.07, 6.45) is 5.59. The second kappa shape index (κ2) is 4.39. The molecule has 4 heteroatoms. The van der Waals surface area contributed by atoms with Crippen molar-refractivity contribution in [1.82, 2.24) is 0 Å². The molecule has 88 valence electrons. The lowest BCUT2D eigenvalue weighted by atomic mass is 9.76. The molecule has 1 aliphatic rings. The molecular formula is C11H22N2O2. The van der Waals surface area contributed by atoms with Gasteiger partial charge in [-0.25, -0.2) is 4.79 Å². The number of rotatable bonds is 3. The van der Waals surface area contributed by atoms with E-state index in [1.807, 2.05) is 13.8 Å². The Labute approximate surface area is 91.3 Å². The van der Waals surface area contributed by atoms with Crippen molar-refractivity contribution in [3.8, 4) is 0 Å². The molecule has 1 amide bonds. The van der Waals surface area contributed by atoms with Crippen LogP contribution in [0.15, 0.2) is 0 Å². The number of carbonyl (C=O) groups excluding carboxylic acids is 1. The van der Waals surface area contributed by atoms with Crippen molar-refractivity contribution in [3.05, 3.63) is 0 Å². The van der Waals surface area contributed by atoms with E-state index in [9.17, 15) is 4.79 Å². The van der Waals surface area contributed by atoms with E-state index in [4.69, 9.17) is 16.2 Å². The summed E-state index contributed by atoms with van der Waals surface area (Å²) in [5.74, 6) is 0. The van der Waals surface area contributed by atoms with E-state index in [-0.39, 0.29) is 5.54 Å². The summed E-state index contributed by atoms with van der Waals surface area (Å²) in [6, 6.07) is 0. The number of hydrogen-bond donors (Lipinski definition) is 2. The Kier molecular flexibility index (Phi) is 3.60. The van der Waals surface area contributed by atoms with Gasteiger partial charge in [0.05, 0.1) is 0 Å². The van der Waals surface area contributed by atoms with E-state index in [2.05, 4.69) is 0 Å². The summed E-state index contributed by atoms with van der Waals surface area (Å²) in [4.78, 5) is 10.7. The molecule has 1 aliphatic carbocycles. The molecule has 1 fully saturated rings. The van der Waals surface area contributed by atoms with Crippen molar-refractivity contribution >= 4 is 6.09 Å². The number of hydrogen-bond acceptors (Lipinski definition) is 3. The largest absolute Gasteiger partial charge is 0.444 e. The minimum Gasteiger partial charge on any atom is -0.444 e. The first-order valence-electron chi connectivity index (χ1n) is 5.60. The minimum atomic E-state index is -0.723. The van der Waals surface area contributed by atoms with Crippen LogP contribution in [0.25, 0.3) is 0 Å². The summed E-state index contributed by atoms with van der Waals surface area (Å²) in [6.45, 7) is 3.72. The summed E-state index contributed by atoms with van der Waals surface area (Å²) < 4.78 is 5.06. The smallest absolute Gasteiger partial charge is 0.405 e. The predicted molar refractivity (Wildman–Crippen MR) is 59.4 cm³/mol. The van der Waals surface area contributed by atoms with Gasteiger partial charge < -0.3 is 16.2 Å². The molecule has 0 aliphatic heterocycles. The molecule has 0 unspecified atom stereocenters. The lowest BCUT2D eigenvalue weighted by molar-refractivity contribution is 0.0156. The summed E-state index contributed by atoms with van der Waals surface area (Å²) in [5, 5.41) is 0. The third-order valence-electron chi connectivity index (χ3n) is 3.00. The fourth-order valence-electron chi connectivity index (χ4n) is 2.59. The van der Waals surface area contributed by atoms with Crippen LogP contribution in [0.2, 0.25) is 0 Å². The van der Waals surface area contributed by atoms with Gasteiger partial charge in [0, 0.05) is 12.0 Å². The molecule has 0 atom stereocenters. The van der Waals surface area contributed by atoms with Gasteiger partial charge in [0.25, 0.3) is 0 Å². The standard InChI is InChI=1S/C11H22N2O2/c1-10(2,15-9(12)14)8-11(13)6-4-3-5-7-11/h3-8,13H2,1-2H3,(H2,12,14). The maximum absolute atomic E-state index is 10.7. The fourth-order valence-corrected chi connectivity index (χ4v) is 2.59. The summed E-state index contributed by atoms with van der Waals surface area (Å²) in [5.41, 5.74) is 10.6. The molecule has 0 spiro atoms. The Bertz CT molecular complexity index is 233. The molecule has 0 bridgehead atoms. The maximum Gasteiger partial charge on any atom is 0.405 e. The van der Waals surface area contributed by atoms with Gasteiger partial charge in [-0.2, -0.15) is 0 Å². The highest BCUT2D eigenvalue weighted by Crippen LogP contribution is 2.33. The zero-order valence-electron chi connectivity index (χ0n) is 9.71. The Hall–Kier alpha value is -0.770. The maximum atomic E-state index is 10.7. The van der Waals surface area contributed by atoms with Crippen LogP contribution in [-0.4, -0.2) is 17.2 Å². The molecule has 0 heterocycles. The molecular weight excluding hydrogens is 192 g/mol. The van der Waals surface area contributed by atoms with Crippen LogP contribution in [0, 0.1) is 0 Å². The van der Waals surface area contributed by atoms with Gasteiger partial charge in [-0.3, -0.25) is 0 Å². The van der Waals surface area contributed by atoms with E-state index < -0.39 is 11.7 Å². The van der Waals surface area contributed by atoms with Crippen LogP contribution in [0.1, 0.15) is 52.4 Å². The fraction of sp³-hybridized carbons (Fsp3) is 0.909. The predicted octanol–water partition coefficient (Wildman–Crippen LogP) is 1.91. The Morgan fingerprint density at radius 1 is 1.33 bits per heavy atom. The molecule has 0 radical (unpaired) electrons. The number of amides is 1. The first-order chi connectivity index (χ1) is 6.83. The molecule has 0 aromatic rings. The Balaban J connectivity index is 2.54. The van der Waals surface area contributed by atoms with Crippen molar-refractivity contribution < 1.29 is 9.53 Å². The quantitative estimate of drug-likeness (QED) is 0.753. The second-order valence-electron chi connectivity index (χ2n) is 5.28. The zero-order chi connectivity index (χ0) is 11.5. The molecule has 1 rings (SSSR count). The van der Waals surface area contributed by atoms with E-state index >= 15 is 0 Å². The molecule has 4 N–H and O–H groups in total.